The highest BCUT2D eigenvalue weighted by molar-refractivity contribution is 5.37. The van der Waals surface area contributed by atoms with E-state index in [1.165, 1.54) is 12.8 Å². The zero-order valence-corrected chi connectivity index (χ0v) is 10.3. The molecule has 1 aromatic rings. The molecule has 0 atom stereocenters. The molecule has 5 nitrogen and oxygen atoms in total. The smallest absolute Gasteiger partial charge is 0.228 e. The third kappa shape index (κ3) is 3.32. The summed E-state index contributed by atoms with van der Waals surface area (Å²) in [6.07, 6.45) is 2.43. The van der Waals surface area contributed by atoms with Gasteiger partial charge in [0.2, 0.25) is 11.9 Å². The molecule has 1 aliphatic carbocycles. The molecule has 2 N–H and O–H groups in total. The van der Waals surface area contributed by atoms with Gasteiger partial charge in [0.05, 0.1) is 0 Å². The number of hydrogen-bond donors (Lipinski definition) is 2. The molecule has 1 heterocycles. The molecule has 2 rings (SSSR count). The van der Waals surface area contributed by atoms with Crippen LogP contribution in [0.1, 0.15) is 39.4 Å². The van der Waals surface area contributed by atoms with Crippen LogP contribution in [0.3, 0.4) is 0 Å². The zero-order valence-electron chi connectivity index (χ0n) is 10.3. The number of rotatable bonds is 3. The average Bonchev–Trinajstić information content (AvgIpc) is 2.82. The Morgan fingerprint density at radius 3 is 2.25 bits per heavy atom. The molecule has 1 saturated carbocycles. The molecule has 0 unspecified atom stereocenters. The van der Waals surface area contributed by atoms with Gasteiger partial charge in [0, 0.05) is 11.6 Å². The van der Waals surface area contributed by atoms with Crippen LogP contribution >= 0.6 is 0 Å². The van der Waals surface area contributed by atoms with Gasteiger partial charge in [-0.25, -0.2) is 0 Å². The molecule has 0 spiro atoms. The number of aromatic nitrogens is 3. The van der Waals surface area contributed by atoms with Crippen molar-refractivity contribution in [1.82, 2.24) is 15.0 Å². The van der Waals surface area contributed by atoms with E-state index >= 15 is 0 Å². The molecule has 0 amide bonds. The minimum absolute atomic E-state index is 0.0371. The summed E-state index contributed by atoms with van der Waals surface area (Å²) in [6.45, 7) is 8.13. The van der Waals surface area contributed by atoms with Crippen molar-refractivity contribution in [3.63, 3.8) is 0 Å². The van der Waals surface area contributed by atoms with E-state index in [2.05, 4.69) is 46.4 Å². The summed E-state index contributed by atoms with van der Waals surface area (Å²) in [7, 11) is 0. The van der Waals surface area contributed by atoms with Gasteiger partial charge in [-0.1, -0.05) is 0 Å². The van der Waals surface area contributed by atoms with Crippen molar-refractivity contribution in [3.05, 3.63) is 5.82 Å². The maximum atomic E-state index is 4.35. The van der Waals surface area contributed by atoms with Gasteiger partial charge in [-0.3, -0.25) is 0 Å². The first-order valence-corrected chi connectivity index (χ1v) is 5.70. The van der Waals surface area contributed by atoms with E-state index in [1.54, 1.807) is 0 Å². The van der Waals surface area contributed by atoms with Crippen molar-refractivity contribution in [2.45, 2.75) is 52.1 Å². The normalized spacial score (nSPS) is 16.0. The van der Waals surface area contributed by atoms with Gasteiger partial charge >= 0.3 is 0 Å². The SMILES string of the molecule is Cc1nc(NC2CC2)nc(NC(C)(C)C)n1. The highest BCUT2D eigenvalue weighted by Crippen LogP contribution is 2.23. The summed E-state index contributed by atoms with van der Waals surface area (Å²) in [5.41, 5.74) is -0.0371. The van der Waals surface area contributed by atoms with Crippen molar-refractivity contribution < 1.29 is 0 Å². The molecule has 0 saturated heterocycles. The minimum Gasteiger partial charge on any atom is -0.351 e. The van der Waals surface area contributed by atoms with Crippen LogP contribution in [0.4, 0.5) is 11.9 Å². The van der Waals surface area contributed by atoms with E-state index in [0.717, 1.165) is 5.82 Å². The fourth-order valence-corrected chi connectivity index (χ4v) is 1.35. The van der Waals surface area contributed by atoms with Crippen LogP contribution in [-0.2, 0) is 0 Å². The van der Waals surface area contributed by atoms with Crippen LogP contribution in [0.15, 0.2) is 0 Å². The number of anilines is 2. The second-order valence-corrected chi connectivity index (χ2v) is 5.32. The minimum atomic E-state index is -0.0371. The van der Waals surface area contributed by atoms with Crippen molar-refractivity contribution >= 4 is 11.9 Å². The molecule has 0 bridgehead atoms. The van der Waals surface area contributed by atoms with Gasteiger partial charge < -0.3 is 10.6 Å². The summed E-state index contributed by atoms with van der Waals surface area (Å²) in [4.78, 5) is 12.9. The molecule has 0 aliphatic heterocycles. The van der Waals surface area contributed by atoms with E-state index in [-0.39, 0.29) is 5.54 Å². The summed E-state index contributed by atoms with van der Waals surface area (Å²) < 4.78 is 0. The van der Waals surface area contributed by atoms with Crippen molar-refractivity contribution in [2.75, 3.05) is 10.6 Å². The van der Waals surface area contributed by atoms with Crippen molar-refractivity contribution in [1.29, 1.82) is 0 Å². The number of aryl methyl sites for hydroxylation is 1. The molecule has 88 valence electrons. The summed E-state index contributed by atoms with van der Waals surface area (Å²) in [6, 6.07) is 0.560. The first-order valence-electron chi connectivity index (χ1n) is 5.70. The molecule has 16 heavy (non-hydrogen) atoms. The monoisotopic (exact) mass is 221 g/mol. The van der Waals surface area contributed by atoms with Gasteiger partial charge in [0.15, 0.2) is 0 Å². The van der Waals surface area contributed by atoms with Gasteiger partial charge in [0.1, 0.15) is 5.82 Å². The van der Waals surface area contributed by atoms with Crippen LogP contribution in [0.2, 0.25) is 0 Å². The Bertz CT molecular complexity index is 378. The number of nitrogens with one attached hydrogen (secondary N) is 2. The Labute approximate surface area is 96.1 Å². The summed E-state index contributed by atoms with van der Waals surface area (Å²) in [5, 5.41) is 6.53. The van der Waals surface area contributed by atoms with Gasteiger partial charge in [0.25, 0.3) is 0 Å². The second kappa shape index (κ2) is 3.88. The second-order valence-electron chi connectivity index (χ2n) is 5.32. The lowest BCUT2D eigenvalue weighted by molar-refractivity contribution is 0.624. The number of nitrogens with zero attached hydrogens (tertiary/aromatic N) is 3. The molecule has 1 aromatic heterocycles. The van der Waals surface area contributed by atoms with Crippen LogP contribution in [-0.4, -0.2) is 26.5 Å². The highest BCUT2D eigenvalue weighted by Gasteiger charge is 2.22. The Morgan fingerprint density at radius 1 is 1.06 bits per heavy atom. The first-order chi connectivity index (χ1) is 7.42. The maximum absolute atomic E-state index is 4.35. The third-order valence-electron chi connectivity index (χ3n) is 2.14. The lowest BCUT2D eigenvalue weighted by Crippen LogP contribution is -2.28. The lowest BCUT2D eigenvalue weighted by atomic mass is 10.1. The van der Waals surface area contributed by atoms with E-state index < -0.39 is 0 Å². The van der Waals surface area contributed by atoms with Gasteiger partial charge in [-0.2, -0.15) is 15.0 Å². The van der Waals surface area contributed by atoms with Gasteiger partial charge in [-0.05, 0) is 40.5 Å². The maximum Gasteiger partial charge on any atom is 0.228 e. The predicted octanol–water partition coefficient (Wildman–Crippen LogP) is 1.96. The van der Waals surface area contributed by atoms with Crippen molar-refractivity contribution in [2.24, 2.45) is 0 Å². The standard InChI is InChI=1S/C11H19N5/c1-7-12-9(14-8-5-6-8)15-10(13-7)16-11(2,3)4/h8H,5-6H2,1-4H3,(H2,12,13,14,15,16). The topological polar surface area (TPSA) is 62.7 Å². The molecule has 1 fully saturated rings. The van der Waals surface area contributed by atoms with E-state index in [0.29, 0.717) is 17.9 Å². The Morgan fingerprint density at radius 2 is 1.69 bits per heavy atom. The van der Waals surface area contributed by atoms with Crippen LogP contribution in [0, 0.1) is 6.92 Å². The van der Waals surface area contributed by atoms with E-state index in [9.17, 15) is 0 Å². The predicted molar refractivity (Wildman–Crippen MR) is 64.6 cm³/mol. The fourth-order valence-electron chi connectivity index (χ4n) is 1.35. The fraction of sp³-hybridized carbons (Fsp3) is 0.727. The lowest BCUT2D eigenvalue weighted by Gasteiger charge is -2.20. The van der Waals surface area contributed by atoms with Crippen LogP contribution < -0.4 is 10.6 Å². The van der Waals surface area contributed by atoms with E-state index in [4.69, 9.17) is 0 Å². The molecular formula is C11H19N5. The Balaban J connectivity index is 2.14. The zero-order chi connectivity index (χ0) is 11.8. The Kier molecular flexibility index (Phi) is 2.69. The largest absolute Gasteiger partial charge is 0.351 e. The molecule has 0 radical (unpaired) electrons. The molecule has 1 aliphatic rings. The molecule has 0 aromatic carbocycles. The van der Waals surface area contributed by atoms with Crippen LogP contribution in [0.5, 0.6) is 0 Å². The first kappa shape index (κ1) is 11.1. The van der Waals surface area contributed by atoms with Crippen molar-refractivity contribution in [3.8, 4) is 0 Å². The average molecular weight is 221 g/mol. The highest BCUT2D eigenvalue weighted by atomic mass is 15.2. The van der Waals surface area contributed by atoms with Gasteiger partial charge in [-0.15, -0.1) is 0 Å². The van der Waals surface area contributed by atoms with E-state index in [1.807, 2.05) is 6.92 Å². The quantitative estimate of drug-likeness (QED) is 0.817. The molecular weight excluding hydrogens is 202 g/mol. The molecule has 5 heteroatoms. The number of hydrogen-bond acceptors (Lipinski definition) is 5. The summed E-state index contributed by atoms with van der Waals surface area (Å²) in [5.74, 6) is 2.06. The summed E-state index contributed by atoms with van der Waals surface area (Å²) >= 11 is 0. The van der Waals surface area contributed by atoms with Crippen LogP contribution in [0.25, 0.3) is 0 Å². The Hall–Kier alpha value is -1.39. The third-order valence-corrected chi connectivity index (χ3v) is 2.14.